The molecule has 2 N–H and O–H groups in total. The normalized spacial score (nSPS) is 14.8. The van der Waals surface area contributed by atoms with Gasteiger partial charge in [-0.3, -0.25) is 9.48 Å². The van der Waals surface area contributed by atoms with Crippen molar-refractivity contribution in [3.8, 4) is 12.3 Å². The molecule has 3 rings (SSSR count). The van der Waals surface area contributed by atoms with Gasteiger partial charge in [0, 0.05) is 61.9 Å². The predicted octanol–water partition coefficient (Wildman–Crippen LogP) is 2.76. The average molecular weight is 438 g/mol. The molecule has 0 aliphatic carbocycles. The number of terminal acetylenes is 1. The van der Waals surface area contributed by atoms with Gasteiger partial charge in [-0.1, -0.05) is 24.1 Å². The van der Waals surface area contributed by atoms with Gasteiger partial charge in [-0.2, -0.15) is 5.10 Å². The minimum Gasteiger partial charge on any atom is -0.338 e. The van der Waals surface area contributed by atoms with E-state index in [1.165, 1.54) is 0 Å². The van der Waals surface area contributed by atoms with Gasteiger partial charge in [0.1, 0.15) is 11.0 Å². The minimum absolute atomic E-state index is 0.0612. The molecule has 2 heterocycles. The van der Waals surface area contributed by atoms with E-state index in [0.717, 1.165) is 46.9 Å². The van der Waals surface area contributed by atoms with Crippen LogP contribution < -0.4 is 10.0 Å². The van der Waals surface area contributed by atoms with Crippen molar-refractivity contribution in [2.24, 2.45) is 7.05 Å². The van der Waals surface area contributed by atoms with Crippen LogP contribution in [-0.2, 0) is 42.2 Å². The number of allylic oxidation sites excluding steroid dienone is 3. The first-order chi connectivity index (χ1) is 14.9. The Balaban J connectivity index is 1.70. The van der Waals surface area contributed by atoms with Gasteiger partial charge < -0.3 is 14.9 Å². The fraction of sp³-hybridized carbons (Fsp3) is 0.304. The van der Waals surface area contributed by atoms with Crippen molar-refractivity contribution in [3.63, 3.8) is 0 Å². The topological polar surface area (TPSA) is 79.3 Å². The number of carbonyl (C=O) groups is 1. The van der Waals surface area contributed by atoms with Crippen molar-refractivity contribution in [2.75, 3.05) is 22.8 Å². The van der Waals surface area contributed by atoms with E-state index >= 15 is 0 Å². The summed E-state index contributed by atoms with van der Waals surface area (Å²) in [7, 11) is 0.828. The summed E-state index contributed by atoms with van der Waals surface area (Å²) in [5.41, 5.74) is 4.85. The van der Waals surface area contributed by atoms with E-state index < -0.39 is 11.0 Å². The van der Waals surface area contributed by atoms with Crippen molar-refractivity contribution in [1.82, 2.24) is 14.7 Å². The van der Waals surface area contributed by atoms with Gasteiger partial charge in [0.25, 0.3) is 0 Å². The summed E-state index contributed by atoms with van der Waals surface area (Å²) in [6.07, 6.45) is 14.2. The lowest BCUT2D eigenvalue weighted by Crippen LogP contribution is -2.34. The quantitative estimate of drug-likeness (QED) is 0.516. The number of amides is 1. The summed E-state index contributed by atoms with van der Waals surface area (Å²) in [5.74, 6) is 3.35. The first kappa shape index (κ1) is 22.4. The molecule has 1 atom stereocenters. The highest BCUT2D eigenvalue weighted by atomic mass is 32.2. The number of nitrogens with one attached hydrogen (secondary N) is 2. The van der Waals surface area contributed by atoms with Crippen molar-refractivity contribution in [1.29, 1.82) is 0 Å². The van der Waals surface area contributed by atoms with Crippen LogP contribution in [0.15, 0.2) is 48.2 Å². The summed E-state index contributed by atoms with van der Waals surface area (Å²) >= 11 is 0. The summed E-state index contributed by atoms with van der Waals surface area (Å²) in [5, 5.41) is 7.92. The fourth-order valence-electron chi connectivity index (χ4n) is 3.51. The van der Waals surface area contributed by atoms with Gasteiger partial charge in [-0.05, 0) is 30.2 Å². The largest absolute Gasteiger partial charge is 0.338 e. The first-order valence-corrected chi connectivity index (χ1v) is 11.5. The van der Waals surface area contributed by atoms with E-state index in [1.807, 2.05) is 53.0 Å². The molecule has 2 aromatic rings. The molecule has 1 aliphatic rings. The second-order valence-corrected chi connectivity index (χ2v) is 8.45. The molecular weight excluding hydrogens is 410 g/mol. The number of benzene rings is 1. The Morgan fingerprint density at radius 1 is 1.35 bits per heavy atom. The van der Waals surface area contributed by atoms with Crippen LogP contribution in [-0.4, -0.2) is 37.6 Å². The molecule has 0 fully saturated rings. The highest BCUT2D eigenvalue weighted by molar-refractivity contribution is 7.85. The Kier molecular flexibility index (Phi) is 7.32. The number of aryl methyl sites for hydroxylation is 1. The van der Waals surface area contributed by atoms with Crippen LogP contribution in [0.1, 0.15) is 23.7 Å². The molecule has 1 unspecified atom stereocenters. The summed E-state index contributed by atoms with van der Waals surface area (Å²) in [6, 6.07) is 7.79. The number of carbonyl (C=O) groups excluding carboxylic acids is 1. The Bertz CT molecular complexity index is 1080. The molecule has 0 saturated heterocycles. The third-order valence-corrected chi connectivity index (χ3v) is 5.58. The molecule has 0 radical (unpaired) electrons. The van der Waals surface area contributed by atoms with Crippen LogP contribution in [0.5, 0.6) is 0 Å². The zero-order valence-electron chi connectivity index (χ0n) is 18.0. The molecular formula is C23H27N5O2S. The van der Waals surface area contributed by atoms with Gasteiger partial charge in [-0.15, -0.1) is 6.42 Å². The molecule has 1 aromatic heterocycles. The molecule has 162 valence electrons. The lowest BCUT2D eigenvalue weighted by molar-refractivity contribution is -0.129. The summed E-state index contributed by atoms with van der Waals surface area (Å²) < 4.78 is 16.0. The standard InChI is InChI=1S/C23H27N5O2S/c1-5-7-19(9-6-8-18-10-12-20(13-11-18)26-31(4)30)24-23-21-16-28(17(2)29)15-14-22(21)27(3)25-23/h1,6-7,9-13,26H,8,14-16H2,2-4H3,(H,24,25)/b9-6-,19-7+. The van der Waals surface area contributed by atoms with Crippen LogP contribution in [0.25, 0.3) is 0 Å². The number of fused-ring (bicyclic) bond motifs is 1. The molecule has 0 saturated carbocycles. The zero-order valence-corrected chi connectivity index (χ0v) is 18.8. The van der Waals surface area contributed by atoms with Crippen molar-refractivity contribution >= 4 is 28.4 Å². The van der Waals surface area contributed by atoms with Gasteiger partial charge in [0.05, 0.1) is 6.54 Å². The highest BCUT2D eigenvalue weighted by Crippen LogP contribution is 2.26. The number of hydrogen-bond donors (Lipinski definition) is 2. The fourth-order valence-corrected chi connectivity index (χ4v) is 3.98. The van der Waals surface area contributed by atoms with E-state index in [1.54, 1.807) is 19.3 Å². The Hall–Kier alpha value is -3.31. The molecule has 1 aliphatic heterocycles. The number of hydrogen-bond acceptors (Lipinski definition) is 4. The predicted molar refractivity (Wildman–Crippen MR) is 126 cm³/mol. The van der Waals surface area contributed by atoms with Crippen LogP contribution in [0.3, 0.4) is 0 Å². The molecule has 8 heteroatoms. The van der Waals surface area contributed by atoms with Crippen LogP contribution in [0.4, 0.5) is 11.5 Å². The maximum atomic E-state index is 11.8. The minimum atomic E-state index is -1.09. The summed E-state index contributed by atoms with van der Waals surface area (Å²) in [4.78, 5) is 13.6. The van der Waals surface area contributed by atoms with E-state index in [0.29, 0.717) is 13.1 Å². The molecule has 0 spiro atoms. The van der Waals surface area contributed by atoms with Crippen LogP contribution >= 0.6 is 0 Å². The van der Waals surface area contributed by atoms with Crippen molar-refractivity contribution < 1.29 is 9.00 Å². The second kappa shape index (κ2) is 10.1. The molecule has 1 amide bonds. The first-order valence-electron chi connectivity index (χ1n) is 9.96. The Labute approximate surface area is 185 Å². The van der Waals surface area contributed by atoms with E-state index in [2.05, 4.69) is 21.1 Å². The van der Waals surface area contributed by atoms with Gasteiger partial charge in [0.15, 0.2) is 5.82 Å². The third-order valence-electron chi connectivity index (χ3n) is 5.06. The molecule has 7 nitrogen and oxygen atoms in total. The monoisotopic (exact) mass is 437 g/mol. The molecule has 1 aromatic carbocycles. The zero-order chi connectivity index (χ0) is 22.4. The van der Waals surface area contributed by atoms with E-state index in [9.17, 15) is 9.00 Å². The van der Waals surface area contributed by atoms with Gasteiger partial charge in [-0.25, -0.2) is 4.21 Å². The third kappa shape index (κ3) is 5.86. The SMILES string of the molecule is C#C/C=C(\C=C/Cc1ccc(NS(C)=O)cc1)Nc1nn(C)c2c1CN(C(C)=O)CC2. The number of aromatic nitrogens is 2. The Morgan fingerprint density at radius 2 is 2.10 bits per heavy atom. The summed E-state index contributed by atoms with van der Waals surface area (Å²) in [6.45, 7) is 2.83. The van der Waals surface area contributed by atoms with E-state index in [4.69, 9.17) is 6.42 Å². The molecule has 31 heavy (non-hydrogen) atoms. The second-order valence-electron chi connectivity index (χ2n) is 7.34. The smallest absolute Gasteiger partial charge is 0.219 e. The van der Waals surface area contributed by atoms with Crippen LogP contribution in [0, 0.1) is 12.3 Å². The van der Waals surface area contributed by atoms with Gasteiger partial charge in [0.2, 0.25) is 5.91 Å². The van der Waals surface area contributed by atoms with Gasteiger partial charge >= 0.3 is 0 Å². The molecule has 0 bridgehead atoms. The van der Waals surface area contributed by atoms with E-state index in [-0.39, 0.29) is 5.91 Å². The number of rotatable bonds is 7. The van der Waals surface area contributed by atoms with Crippen molar-refractivity contribution in [2.45, 2.75) is 26.3 Å². The highest BCUT2D eigenvalue weighted by Gasteiger charge is 2.25. The lowest BCUT2D eigenvalue weighted by atomic mass is 10.1. The average Bonchev–Trinajstić information content (AvgIpc) is 3.04. The van der Waals surface area contributed by atoms with Crippen molar-refractivity contribution in [3.05, 3.63) is 65.0 Å². The maximum Gasteiger partial charge on any atom is 0.219 e. The number of anilines is 2. The Morgan fingerprint density at radius 3 is 2.74 bits per heavy atom. The maximum absolute atomic E-state index is 11.8. The number of nitrogens with zero attached hydrogens (tertiary/aromatic N) is 3. The lowest BCUT2D eigenvalue weighted by Gasteiger charge is -2.26. The van der Waals surface area contributed by atoms with Crippen LogP contribution in [0.2, 0.25) is 0 Å².